The average molecular weight is 1830 g/mol. The number of amides is 6. The lowest BCUT2D eigenvalue weighted by atomic mass is 9.74. The summed E-state index contributed by atoms with van der Waals surface area (Å²) in [5, 5.41) is 50.1. The maximum Gasteiger partial charge on any atom is 0.490 e. The van der Waals surface area contributed by atoms with Crippen LogP contribution in [0, 0.1) is 34.0 Å². The van der Waals surface area contributed by atoms with E-state index in [4.69, 9.17) is 39.5 Å². The number of aromatic nitrogens is 9. The van der Waals surface area contributed by atoms with E-state index >= 15 is 0 Å². The van der Waals surface area contributed by atoms with E-state index in [1.165, 1.54) is 32.5 Å². The van der Waals surface area contributed by atoms with Crippen molar-refractivity contribution in [2.45, 2.75) is 135 Å². The molecule has 2 N–H and O–H groups in total. The molecule has 3 aromatic carbocycles. The van der Waals surface area contributed by atoms with Crippen LogP contribution < -0.4 is 20.2 Å². The highest BCUT2D eigenvalue weighted by Gasteiger charge is 2.56. The molecule has 3 spiro atoms. The predicted molar refractivity (Wildman–Crippen MR) is 491 cm³/mol. The predicted octanol–water partition coefficient (Wildman–Crippen LogP) is 15.1. The van der Waals surface area contributed by atoms with Gasteiger partial charge in [0.05, 0.1) is 103 Å². The second-order valence-corrected chi connectivity index (χ2v) is 34.5. The molecule has 6 aliphatic heterocycles. The monoisotopic (exact) mass is 1830 g/mol. The summed E-state index contributed by atoms with van der Waals surface area (Å²) in [7, 11) is 1.07. The van der Waals surface area contributed by atoms with Gasteiger partial charge in [0.1, 0.15) is 46.5 Å². The first-order chi connectivity index (χ1) is 62.0. The lowest BCUT2D eigenvalue weighted by Crippen LogP contribution is -2.50. The number of likely N-dealkylation sites (tertiary alicyclic amines) is 3. The third-order valence-electron chi connectivity index (χ3n) is 23.6. The van der Waals surface area contributed by atoms with Crippen LogP contribution in [-0.2, 0) is 69.2 Å². The van der Waals surface area contributed by atoms with Crippen LogP contribution in [0.25, 0.3) is 54.6 Å². The summed E-state index contributed by atoms with van der Waals surface area (Å²) in [6.07, 6.45) is 22.5. The van der Waals surface area contributed by atoms with Crippen LogP contribution >= 0.6 is 27.5 Å². The molecule has 9 aromatic heterocycles. The second-order valence-electron chi connectivity index (χ2n) is 33.4. The molecule has 0 radical (unpaired) electrons. The Kier molecular flexibility index (Phi) is 28.4. The molecule has 3 fully saturated rings. The normalized spacial score (nSPS) is 15.3. The van der Waals surface area contributed by atoms with Crippen LogP contribution in [0.15, 0.2) is 206 Å². The number of pyridine rings is 9. The van der Waals surface area contributed by atoms with Crippen molar-refractivity contribution in [3.8, 4) is 40.5 Å². The van der Waals surface area contributed by atoms with Gasteiger partial charge in [-0.2, -0.15) is 15.8 Å². The number of nitrogens with zero attached hydrogens (tertiary/aromatic N) is 18. The van der Waals surface area contributed by atoms with Gasteiger partial charge >= 0.3 is 30.8 Å². The van der Waals surface area contributed by atoms with Crippen molar-refractivity contribution in [3.63, 3.8) is 0 Å². The van der Waals surface area contributed by atoms with E-state index in [-0.39, 0.29) is 67.7 Å². The molecule has 18 rings (SSSR count). The molecule has 31 nitrogen and oxygen atoms in total. The molecule has 0 aliphatic carbocycles. The Morgan fingerprint density at radius 3 is 1.08 bits per heavy atom. The summed E-state index contributed by atoms with van der Waals surface area (Å²) in [4.78, 5) is 139. The first-order valence-electron chi connectivity index (χ1n) is 41.5. The van der Waals surface area contributed by atoms with Gasteiger partial charge in [-0.3, -0.25) is 44.3 Å². The number of hydrogen-bond donors (Lipinski definition) is 2. The van der Waals surface area contributed by atoms with E-state index in [9.17, 15) is 44.1 Å². The molecule has 12 aromatic rings. The zero-order valence-electron chi connectivity index (χ0n) is 71.9. The summed E-state index contributed by atoms with van der Waals surface area (Å²) in [5.41, 5.74) is 7.99. The van der Waals surface area contributed by atoms with Crippen molar-refractivity contribution < 1.29 is 62.6 Å². The number of rotatable bonds is 9. The standard InChI is InChI=1S/C32H30N6O3.C29H24N6O3.C26H27BrN4O3.C6H5BN2O2.C2H3ClO2.CH4/c1-31(2,3)41-30(40)37-14-11-32(12-15-37)25-10-13-34-19-27(25)38(29(32)39)20-26-28(22-8-9-23(16-33)35-18-22)24-7-5-4-6-21(24)17-36-26;1-38-28(37)34-12-9-29(10-13-34)23-8-11-31-17-25(23)35(27(29)36)18-24-26(20-6-7-21(14-30)32-16-20)22-5-3-2-4-19(22)15-33-24;1-25(2,3)34-24(33)30-12-9-26(10-13-30)19-8-11-28-15-21(19)31(23(26)32)16-20-22(27)18-7-5-4-6-17(18)14-29-20;8-3-6-2-1-5(4-9-6)7(10)11;1-5-2(3)4;/h4-10,13,17-19H,11-12,14-15,20H2,1-3H3;2-8,11,15-17H,9-10,12-13,18H2,1H3;4-8,11,14-15H,9-10,12-13,16H2,1-3H3;1-2,4,10-11H;1H3;1H4. The lowest BCUT2D eigenvalue weighted by molar-refractivity contribution is -0.125. The Hall–Kier alpha value is -14.3. The topological polar surface area (TPSA) is 404 Å². The highest BCUT2D eigenvalue weighted by atomic mass is 79.9. The number of benzene rings is 3. The SMILES string of the molecule is C.CC(C)(C)OC(=O)N1CCC2(CC1)C(=O)N(Cc1ncc3ccccc3c1-c1ccc(C#N)nc1)c1cnccc12.CC(C)(C)OC(=O)N1CCC2(CC1)C(=O)N(Cc1ncc3ccccc3c1Br)c1cnccc12.COC(=O)Cl.COC(=O)N1CCC2(CC1)C(=O)N(Cc1ncc3ccccc3c1-c1ccc(C#N)nc1)c1cnccc12.N#Cc1ccc(B(O)O)cn1. The Bertz CT molecular complexity index is 6420. The fraction of sp³-hybridized carbons (Fsp3) is 0.302. The third-order valence-corrected chi connectivity index (χ3v) is 24.6. The summed E-state index contributed by atoms with van der Waals surface area (Å²) >= 11 is 8.31. The third kappa shape index (κ3) is 19.4. The molecule has 6 aliphatic rings. The van der Waals surface area contributed by atoms with E-state index in [0.29, 0.717) is 95.7 Å². The number of carbonyl (C=O) groups excluding carboxylic acids is 7. The first kappa shape index (κ1) is 93.3. The van der Waals surface area contributed by atoms with Crippen molar-refractivity contribution in [3.05, 3.63) is 257 Å². The van der Waals surface area contributed by atoms with Gasteiger partial charge < -0.3 is 58.4 Å². The van der Waals surface area contributed by atoms with Gasteiger partial charge in [0.25, 0.3) is 0 Å². The van der Waals surface area contributed by atoms with Crippen molar-refractivity contribution in [2.75, 3.05) is 68.2 Å². The van der Waals surface area contributed by atoms with Gasteiger partial charge in [0.2, 0.25) is 17.7 Å². The molecule has 0 unspecified atom stereocenters. The van der Waals surface area contributed by atoms with Crippen molar-refractivity contribution >= 4 is 131 Å². The van der Waals surface area contributed by atoms with Crippen LogP contribution in [0.3, 0.4) is 0 Å². The number of fused-ring (bicyclic) bond motifs is 9. The Labute approximate surface area is 764 Å². The number of piperidine rings is 3. The fourth-order valence-electron chi connectivity index (χ4n) is 17.2. The van der Waals surface area contributed by atoms with Gasteiger partial charge in [-0.05, 0) is 177 Å². The molecule has 0 bridgehead atoms. The number of hydrogen-bond acceptors (Lipinski definition) is 25. The molecule has 0 saturated carbocycles. The van der Waals surface area contributed by atoms with Gasteiger partial charge in [0.15, 0.2) is 0 Å². The van der Waals surface area contributed by atoms with Gasteiger partial charge in [-0.25, -0.2) is 34.1 Å². The highest BCUT2D eigenvalue weighted by Crippen LogP contribution is 2.53. The van der Waals surface area contributed by atoms with Crippen molar-refractivity contribution in [2.24, 2.45) is 0 Å². The number of carbonyl (C=O) groups is 7. The van der Waals surface area contributed by atoms with Gasteiger partial charge in [-0.1, -0.05) is 86.3 Å². The van der Waals surface area contributed by atoms with Crippen LogP contribution in [0.5, 0.6) is 0 Å². The summed E-state index contributed by atoms with van der Waals surface area (Å²) in [6.45, 7) is 14.6. The van der Waals surface area contributed by atoms with Gasteiger partial charge in [-0.15, -0.1) is 0 Å². The Balaban J connectivity index is 0.000000153. The highest BCUT2D eigenvalue weighted by molar-refractivity contribution is 9.10. The van der Waals surface area contributed by atoms with E-state index in [1.54, 1.807) is 91.1 Å². The number of methoxy groups -OCH3 is 2. The maximum atomic E-state index is 14.3. The molecule has 662 valence electrons. The quantitative estimate of drug-likeness (QED) is 0.0770. The fourth-order valence-corrected chi connectivity index (χ4v) is 17.8. The zero-order valence-corrected chi connectivity index (χ0v) is 74.3. The molecule has 15 heterocycles. The number of halogens is 2. The number of nitriles is 3. The molecular formula is C96H93BBrClN18O13. The number of ether oxygens (including phenoxy) is 4. The second kappa shape index (κ2) is 39.5. The maximum absolute atomic E-state index is 14.3. The van der Waals surface area contributed by atoms with Crippen LogP contribution in [0.4, 0.5) is 36.2 Å². The Morgan fingerprint density at radius 1 is 0.438 bits per heavy atom. The zero-order chi connectivity index (χ0) is 91.7. The summed E-state index contributed by atoms with van der Waals surface area (Å²) in [5.74, 6) is 0.0216. The number of anilines is 3. The van der Waals surface area contributed by atoms with E-state index in [0.717, 1.165) is 110 Å². The van der Waals surface area contributed by atoms with Gasteiger partial charge in [0, 0.05) is 155 Å². The lowest BCUT2D eigenvalue weighted by Gasteiger charge is -2.38. The van der Waals surface area contributed by atoms with Crippen molar-refractivity contribution in [1.82, 2.24) is 59.6 Å². The smallest absolute Gasteiger partial charge is 0.457 e. The minimum Gasteiger partial charge on any atom is -0.457 e. The molecule has 34 heteroatoms. The van der Waals surface area contributed by atoms with E-state index in [1.807, 2.05) is 169 Å². The van der Waals surface area contributed by atoms with Crippen LogP contribution in [0.2, 0.25) is 0 Å². The average Bonchev–Trinajstić information content (AvgIpc) is 1.58. The minimum atomic E-state index is -1.52. The minimum absolute atomic E-state index is 0. The van der Waals surface area contributed by atoms with E-state index < -0.39 is 40.0 Å². The Morgan fingerprint density at radius 2 is 0.762 bits per heavy atom. The molecular weight excluding hydrogens is 1740 g/mol. The van der Waals surface area contributed by atoms with Crippen molar-refractivity contribution in [1.29, 1.82) is 15.8 Å². The van der Waals surface area contributed by atoms with E-state index in [2.05, 4.69) is 79.3 Å². The van der Waals surface area contributed by atoms with Crippen LogP contribution in [0.1, 0.15) is 138 Å². The molecule has 130 heavy (non-hydrogen) atoms. The largest absolute Gasteiger partial charge is 0.490 e. The summed E-state index contributed by atoms with van der Waals surface area (Å²) < 4.78 is 20.8. The van der Waals surface area contributed by atoms with Crippen LogP contribution in [-0.4, -0.2) is 183 Å². The molecule has 0 atom stereocenters. The molecule has 3 saturated heterocycles. The summed E-state index contributed by atoms with van der Waals surface area (Å²) in [6, 6.07) is 45.7. The molecule has 6 amide bonds. The first-order valence-corrected chi connectivity index (χ1v) is 42.7.